The summed E-state index contributed by atoms with van der Waals surface area (Å²) in [6.45, 7) is 6.14. The lowest BCUT2D eigenvalue weighted by atomic mass is 9.85. The van der Waals surface area contributed by atoms with Crippen LogP contribution in [0.3, 0.4) is 0 Å². The number of aromatic nitrogens is 2. The molecule has 4 aromatic rings. The molecule has 4 rings (SSSR count). The summed E-state index contributed by atoms with van der Waals surface area (Å²) in [5.74, 6) is 0. The van der Waals surface area contributed by atoms with E-state index in [0.717, 1.165) is 38.4 Å². The molecule has 0 amide bonds. The van der Waals surface area contributed by atoms with Gasteiger partial charge in [-0.25, -0.2) is 4.98 Å². The standard InChI is InChI=1S/C21H22N2O/c1-21(2,3)20(24)18-17-14-10-6-8-12-16(14)23(4)19(17)13-9-5-7-11-15(13)22-18/h5-12,20,24H,1-4H3. The van der Waals surface area contributed by atoms with E-state index in [1.165, 1.54) is 0 Å². The van der Waals surface area contributed by atoms with Gasteiger partial charge in [-0.1, -0.05) is 57.2 Å². The maximum atomic E-state index is 11.0. The van der Waals surface area contributed by atoms with E-state index < -0.39 is 6.10 Å². The molecule has 24 heavy (non-hydrogen) atoms. The summed E-state index contributed by atoms with van der Waals surface area (Å²) in [4.78, 5) is 4.87. The fourth-order valence-corrected chi connectivity index (χ4v) is 3.53. The zero-order chi connectivity index (χ0) is 17.1. The van der Waals surface area contributed by atoms with Gasteiger partial charge in [-0.3, -0.25) is 0 Å². The van der Waals surface area contributed by atoms with Gasteiger partial charge in [0.2, 0.25) is 0 Å². The Kier molecular flexibility index (Phi) is 3.19. The summed E-state index contributed by atoms with van der Waals surface area (Å²) in [5, 5.41) is 14.3. The van der Waals surface area contributed by atoms with Crippen molar-refractivity contribution in [1.29, 1.82) is 0 Å². The van der Waals surface area contributed by atoms with E-state index in [-0.39, 0.29) is 5.41 Å². The fourth-order valence-electron chi connectivity index (χ4n) is 3.53. The quantitative estimate of drug-likeness (QED) is 0.539. The van der Waals surface area contributed by atoms with Gasteiger partial charge < -0.3 is 9.67 Å². The average molecular weight is 318 g/mol. The molecule has 0 saturated carbocycles. The minimum Gasteiger partial charge on any atom is -0.386 e. The largest absolute Gasteiger partial charge is 0.386 e. The first-order valence-corrected chi connectivity index (χ1v) is 8.33. The number of nitrogens with zero attached hydrogens (tertiary/aromatic N) is 2. The van der Waals surface area contributed by atoms with Crippen LogP contribution in [0.4, 0.5) is 0 Å². The normalized spacial score (nSPS) is 13.9. The minimum absolute atomic E-state index is 0.278. The van der Waals surface area contributed by atoms with Gasteiger partial charge in [0.15, 0.2) is 0 Å². The van der Waals surface area contributed by atoms with Crippen molar-refractivity contribution >= 4 is 32.7 Å². The number of aliphatic hydroxyl groups excluding tert-OH is 1. The molecule has 1 unspecified atom stereocenters. The first-order chi connectivity index (χ1) is 11.4. The summed E-state index contributed by atoms with van der Waals surface area (Å²) >= 11 is 0. The summed E-state index contributed by atoms with van der Waals surface area (Å²) in [6.07, 6.45) is -0.629. The predicted octanol–water partition coefficient (Wildman–Crippen LogP) is 4.96. The van der Waals surface area contributed by atoms with Crippen LogP contribution in [0.25, 0.3) is 32.7 Å². The van der Waals surface area contributed by atoms with E-state index in [4.69, 9.17) is 4.98 Å². The topological polar surface area (TPSA) is 38.0 Å². The number of benzene rings is 2. The van der Waals surface area contributed by atoms with Gasteiger partial charge in [-0.2, -0.15) is 0 Å². The second-order valence-corrected chi connectivity index (χ2v) is 7.58. The lowest BCUT2D eigenvalue weighted by Gasteiger charge is -2.26. The second-order valence-electron chi connectivity index (χ2n) is 7.58. The maximum absolute atomic E-state index is 11.0. The molecule has 0 radical (unpaired) electrons. The Morgan fingerprint density at radius 2 is 1.58 bits per heavy atom. The molecule has 122 valence electrons. The third-order valence-corrected chi connectivity index (χ3v) is 4.84. The SMILES string of the molecule is Cn1c2ccccc2c2c(C(O)C(C)(C)C)nc3ccccc3c21. The van der Waals surface area contributed by atoms with E-state index in [1.807, 2.05) is 45.0 Å². The van der Waals surface area contributed by atoms with Crippen molar-refractivity contribution in [2.24, 2.45) is 12.5 Å². The molecule has 0 bridgehead atoms. The van der Waals surface area contributed by atoms with Crippen LogP contribution in [0.15, 0.2) is 48.5 Å². The number of pyridine rings is 1. The Hall–Kier alpha value is -2.39. The highest BCUT2D eigenvalue weighted by Crippen LogP contribution is 2.41. The van der Waals surface area contributed by atoms with Crippen LogP contribution in [0, 0.1) is 5.41 Å². The number of hydrogen-bond acceptors (Lipinski definition) is 2. The van der Waals surface area contributed by atoms with Crippen LogP contribution in [0.5, 0.6) is 0 Å². The van der Waals surface area contributed by atoms with Crippen molar-refractivity contribution in [2.45, 2.75) is 26.9 Å². The molecule has 0 aliphatic carbocycles. The Morgan fingerprint density at radius 3 is 2.29 bits per heavy atom. The molecule has 0 aliphatic rings. The Balaban J connectivity index is 2.28. The van der Waals surface area contributed by atoms with E-state index >= 15 is 0 Å². The highest BCUT2D eigenvalue weighted by atomic mass is 16.3. The number of fused-ring (bicyclic) bond motifs is 5. The smallest absolute Gasteiger partial charge is 0.101 e. The van der Waals surface area contributed by atoms with Crippen LogP contribution in [0.1, 0.15) is 32.6 Å². The second kappa shape index (κ2) is 5.05. The van der Waals surface area contributed by atoms with Crippen molar-refractivity contribution in [2.75, 3.05) is 0 Å². The van der Waals surface area contributed by atoms with Crippen LogP contribution < -0.4 is 0 Å². The highest BCUT2D eigenvalue weighted by Gasteiger charge is 2.29. The van der Waals surface area contributed by atoms with Crippen molar-refractivity contribution in [3.63, 3.8) is 0 Å². The molecule has 0 saturated heterocycles. The van der Waals surface area contributed by atoms with Gasteiger partial charge >= 0.3 is 0 Å². The molecular formula is C21H22N2O. The van der Waals surface area contributed by atoms with E-state index in [2.05, 4.69) is 35.9 Å². The number of aliphatic hydroxyl groups is 1. The third-order valence-electron chi connectivity index (χ3n) is 4.84. The summed E-state index contributed by atoms with van der Waals surface area (Å²) in [6, 6.07) is 16.5. The first kappa shape index (κ1) is 15.2. The first-order valence-electron chi connectivity index (χ1n) is 8.33. The molecule has 3 heteroatoms. The monoisotopic (exact) mass is 318 g/mol. The van der Waals surface area contributed by atoms with E-state index in [1.54, 1.807) is 0 Å². The maximum Gasteiger partial charge on any atom is 0.101 e. The molecule has 0 aliphatic heterocycles. The van der Waals surface area contributed by atoms with Gasteiger partial charge in [-0.15, -0.1) is 0 Å². The molecule has 2 aromatic carbocycles. The molecule has 1 N–H and O–H groups in total. The van der Waals surface area contributed by atoms with Crippen molar-refractivity contribution in [3.05, 3.63) is 54.2 Å². The Morgan fingerprint density at radius 1 is 0.958 bits per heavy atom. The van der Waals surface area contributed by atoms with Crippen LogP contribution in [-0.2, 0) is 7.05 Å². The molecule has 3 nitrogen and oxygen atoms in total. The lowest BCUT2D eigenvalue weighted by Crippen LogP contribution is -2.19. The van der Waals surface area contributed by atoms with Gasteiger partial charge in [-0.05, 0) is 17.5 Å². The molecule has 2 heterocycles. The van der Waals surface area contributed by atoms with Crippen LogP contribution >= 0.6 is 0 Å². The molecular weight excluding hydrogens is 296 g/mol. The lowest BCUT2D eigenvalue weighted by molar-refractivity contribution is 0.0606. The summed E-state index contributed by atoms with van der Waals surface area (Å²) in [7, 11) is 2.09. The fraction of sp³-hybridized carbons (Fsp3) is 0.286. The Bertz CT molecular complexity index is 1070. The summed E-state index contributed by atoms with van der Waals surface area (Å²) < 4.78 is 2.22. The van der Waals surface area contributed by atoms with Crippen LogP contribution in [0.2, 0.25) is 0 Å². The molecule has 1 atom stereocenters. The number of rotatable bonds is 1. The minimum atomic E-state index is -0.629. The number of para-hydroxylation sites is 2. The highest BCUT2D eigenvalue weighted by molar-refractivity contribution is 6.17. The molecule has 0 fully saturated rings. The van der Waals surface area contributed by atoms with Crippen molar-refractivity contribution in [1.82, 2.24) is 9.55 Å². The molecule has 2 aromatic heterocycles. The molecule has 0 spiro atoms. The van der Waals surface area contributed by atoms with E-state index in [9.17, 15) is 5.11 Å². The van der Waals surface area contributed by atoms with Crippen molar-refractivity contribution in [3.8, 4) is 0 Å². The Labute approximate surface area is 141 Å². The zero-order valence-corrected chi connectivity index (χ0v) is 14.5. The average Bonchev–Trinajstić information content (AvgIpc) is 2.87. The van der Waals surface area contributed by atoms with Gasteiger partial charge in [0.25, 0.3) is 0 Å². The van der Waals surface area contributed by atoms with Gasteiger partial charge in [0.05, 0.1) is 16.7 Å². The predicted molar refractivity (Wildman–Crippen MR) is 100 cm³/mol. The van der Waals surface area contributed by atoms with E-state index in [0.29, 0.717) is 0 Å². The summed E-state index contributed by atoms with van der Waals surface area (Å²) in [5.41, 5.74) is 3.72. The zero-order valence-electron chi connectivity index (χ0n) is 14.5. The van der Waals surface area contributed by atoms with Gasteiger partial charge in [0.1, 0.15) is 6.10 Å². The van der Waals surface area contributed by atoms with Crippen molar-refractivity contribution < 1.29 is 5.11 Å². The number of hydrogen-bond donors (Lipinski definition) is 1. The third kappa shape index (κ3) is 2.05. The van der Waals surface area contributed by atoms with Crippen LogP contribution in [-0.4, -0.2) is 14.7 Å². The van der Waals surface area contributed by atoms with Gasteiger partial charge in [0, 0.05) is 28.7 Å². The number of aryl methyl sites for hydroxylation is 1.